The van der Waals surface area contributed by atoms with Crippen LogP contribution in [0, 0.1) is 0 Å². The van der Waals surface area contributed by atoms with Crippen LogP contribution < -0.4 is 20.1 Å². The number of carbonyl (C=O) groups is 3. The summed E-state index contributed by atoms with van der Waals surface area (Å²) in [6.07, 6.45) is 3.18. The van der Waals surface area contributed by atoms with Crippen molar-refractivity contribution in [3.05, 3.63) is 53.1 Å². The minimum absolute atomic E-state index is 0.116. The molecular weight excluding hydrogens is 386 g/mol. The highest BCUT2D eigenvalue weighted by molar-refractivity contribution is 6.10. The van der Waals surface area contributed by atoms with E-state index in [9.17, 15) is 14.4 Å². The number of hydrogen-bond donors (Lipinski definition) is 2. The highest BCUT2D eigenvalue weighted by Crippen LogP contribution is 2.37. The van der Waals surface area contributed by atoms with Gasteiger partial charge in [-0.25, -0.2) is 4.79 Å². The number of carbonyl (C=O) groups excluding carboxylic acids is 3. The lowest BCUT2D eigenvalue weighted by molar-refractivity contribution is -0.133. The summed E-state index contributed by atoms with van der Waals surface area (Å²) >= 11 is 0. The largest absolute Gasteiger partial charge is 0.454 e. The Morgan fingerprint density at radius 1 is 1.10 bits per heavy atom. The van der Waals surface area contributed by atoms with E-state index in [-0.39, 0.29) is 13.3 Å². The molecule has 3 aliphatic rings. The van der Waals surface area contributed by atoms with Crippen molar-refractivity contribution >= 4 is 23.5 Å². The third-order valence-electron chi connectivity index (χ3n) is 5.91. The molecule has 2 aliphatic heterocycles. The zero-order valence-electron chi connectivity index (χ0n) is 16.5. The Morgan fingerprint density at radius 2 is 1.90 bits per heavy atom. The number of aryl methyl sites for hydroxylation is 2. The molecule has 8 nitrogen and oxygen atoms in total. The molecule has 0 unspecified atom stereocenters. The van der Waals surface area contributed by atoms with Gasteiger partial charge in [0, 0.05) is 5.69 Å². The van der Waals surface area contributed by atoms with E-state index in [0.29, 0.717) is 22.7 Å². The third-order valence-corrected chi connectivity index (χ3v) is 5.91. The van der Waals surface area contributed by atoms with Crippen LogP contribution in [-0.2, 0) is 28.0 Å². The molecule has 0 bridgehead atoms. The first-order chi connectivity index (χ1) is 14.4. The second-order valence-corrected chi connectivity index (χ2v) is 7.90. The SMILES string of the molecule is C[C@@]1(c2ccc3c(c2)OCO3)NC(=O)N(CC(=O)Nc2ccc3c(c2)CCC3)C1=O. The molecule has 5 rings (SSSR count). The van der Waals surface area contributed by atoms with Crippen molar-refractivity contribution in [2.24, 2.45) is 0 Å². The van der Waals surface area contributed by atoms with Gasteiger partial charge in [-0.15, -0.1) is 0 Å². The van der Waals surface area contributed by atoms with E-state index in [4.69, 9.17) is 9.47 Å². The lowest BCUT2D eigenvalue weighted by Crippen LogP contribution is -2.42. The number of ether oxygens (including phenoxy) is 2. The maximum absolute atomic E-state index is 13.1. The maximum atomic E-state index is 13.1. The van der Waals surface area contributed by atoms with Crippen LogP contribution in [0.25, 0.3) is 0 Å². The Hall–Kier alpha value is -3.55. The topological polar surface area (TPSA) is 97.0 Å². The van der Waals surface area contributed by atoms with Gasteiger partial charge in [0.25, 0.3) is 5.91 Å². The fraction of sp³-hybridized carbons (Fsp3) is 0.318. The zero-order valence-corrected chi connectivity index (χ0v) is 16.5. The van der Waals surface area contributed by atoms with Crippen molar-refractivity contribution < 1.29 is 23.9 Å². The number of hydrogen-bond acceptors (Lipinski definition) is 5. The first-order valence-corrected chi connectivity index (χ1v) is 9.90. The van der Waals surface area contributed by atoms with Gasteiger partial charge in [0.05, 0.1) is 0 Å². The number of imide groups is 1. The van der Waals surface area contributed by atoms with Crippen molar-refractivity contribution in [1.29, 1.82) is 0 Å². The maximum Gasteiger partial charge on any atom is 0.325 e. The molecule has 0 saturated carbocycles. The van der Waals surface area contributed by atoms with Crippen LogP contribution >= 0.6 is 0 Å². The van der Waals surface area contributed by atoms with Gasteiger partial charge in [0.2, 0.25) is 12.7 Å². The summed E-state index contributed by atoms with van der Waals surface area (Å²) in [6.45, 7) is 1.37. The average Bonchev–Trinajstić information content (AvgIpc) is 3.43. The Morgan fingerprint density at radius 3 is 2.77 bits per heavy atom. The molecule has 0 aromatic heterocycles. The second-order valence-electron chi connectivity index (χ2n) is 7.90. The molecule has 8 heteroatoms. The molecule has 1 atom stereocenters. The minimum Gasteiger partial charge on any atom is -0.454 e. The van der Waals surface area contributed by atoms with E-state index in [1.165, 1.54) is 11.1 Å². The zero-order chi connectivity index (χ0) is 20.9. The number of nitrogens with one attached hydrogen (secondary N) is 2. The number of fused-ring (bicyclic) bond motifs is 2. The van der Waals surface area contributed by atoms with Gasteiger partial charge < -0.3 is 20.1 Å². The van der Waals surface area contributed by atoms with Crippen molar-refractivity contribution in [2.75, 3.05) is 18.7 Å². The van der Waals surface area contributed by atoms with Crippen LogP contribution in [0.2, 0.25) is 0 Å². The molecule has 1 fully saturated rings. The van der Waals surface area contributed by atoms with E-state index in [1.807, 2.05) is 18.2 Å². The van der Waals surface area contributed by atoms with Gasteiger partial charge in [-0.1, -0.05) is 12.1 Å². The fourth-order valence-corrected chi connectivity index (χ4v) is 4.24. The number of nitrogens with zero attached hydrogens (tertiary/aromatic N) is 1. The van der Waals surface area contributed by atoms with Crippen molar-refractivity contribution in [3.8, 4) is 11.5 Å². The fourth-order valence-electron chi connectivity index (χ4n) is 4.24. The molecule has 154 valence electrons. The molecular formula is C22H21N3O5. The lowest BCUT2D eigenvalue weighted by Gasteiger charge is -2.22. The quantitative estimate of drug-likeness (QED) is 0.758. The standard InChI is InChI=1S/C22H21N3O5/c1-22(15-6-8-17-18(10-15)30-12-29-17)20(27)25(21(28)24-22)11-19(26)23-16-7-5-13-3-2-4-14(13)9-16/h5-10H,2-4,11-12H2,1H3,(H,23,26)(H,24,28)/t22-/m0/s1. The van der Waals surface area contributed by atoms with Gasteiger partial charge in [0.1, 0.15) is 12.1 Å². The molecule has 1 aliphatic carbocycles. The number of urea groups is 1. The average molecular weight is 407 g/mol. The van der Waals surface area contributed by atoms with Crippen LogP contribution in [0.3, 0.4) is 0 Å². The van der Waals surface area contributed by atoms with E-state index in [0.717, 1.165) is 24.2 Å². The van der Waals surface area contributed by atoms with Crippen molar-refractivity contribution in [2.45, 2.75) is 31.7 Å². The predicted octanol–water partition coefficient (Wildman–Crippen LogP) is 2.31. The van der Waals surface area contributed by atoms with Crippen LogP contribution in [0.1, 0.15) is 30.0 Å². The van der Waals surface area contributed by atoms with Gasteiger partial charge in [0.15, 0.2) is 11.5 Å². The first kappa shape index (κ1) is 18.5. The smallest absolute Gasteiger partial charge is 0.325 e. The van der Waals surface area contributed by atoms with Gasteiger partial charge in [-0.3, -0.25) is 14.5 Å². The Balaban J connectivity index is 1.31. The molecule has 2 N–H and O–H groups in total. The molecule has 0 radical (unpaired) electrons. The highest BCUT2D eigenvalue weighted by Gasteiger charge is 2.49. The summed E-state index contributed by atoms with van der Waals surface area (Å²) in [7, 11) is 0. The Kier molecular flexibility index (Phi) is 4.16. The number of anilines is 1. The molecule has 2 aromatic carbocycles. The summed E-state index contributed by atoms with van der Waals surface area (Å²) in [6, 6.07) is 10.3. The van der Waals surface area contributed by atoms with Crippen LogP contribution in [0.15, 0.2) is 36.4 Å². The minimum atomic E-state index is -1.29. The summed E-state index contributed by atoms with van der Waals surface area (Å²) in [5.74, 6) is 0.190. The monoisotopic (exact) mass is 407 g/mol. The van der Waals surface area contributed by atoms with Crippen molar-refractivity contribution in [1.82, 2.24) is 10.2 Å². The summed E-state index contributed by atoms with van der Waals surface area (Å²) in [4.78, 5) is 39.1. The predicted molar refractivity (Wildman–Crippen MR) is 107 cm³/mol. The number of rotatable bonds is 4. The number of benzene rings is 2. The molecule has 2 aromatic rings. The molecule has 30 heavy (non-hydrogen) atoms. The third kappa shape index (κ3) is 2.96. The Labute approximate surface area is 173 Å². The van der Waals surface area contributed by atoms with E-state index >= 15 is 0 Å². The lowest BCUT2D eigenvalue weighted by atomic mass is 9.91. The number of amides is 4. The van der Waals surface area contributed by atoms with E-state index in [2.05, 4.69) is 10.6 Å². The van der Waals surface area contributed by atoms with Gasteiger partial charge >= 0.3 is 6.03 Å². The summed E-state index contributed by atoms with van der Waals surface area (Å²) in [5.41, 5.74) is 2.49. The van der Waals surface area contributed by atoms with E-state index < -0.39 is 23.4 Å². The van der Waals surface area contributed by atoms with Crippen LogP contribution in [0.5, 0.6) is 11.5 Å². The second kappa shape index (κ2) is 6.76. The normalized spacial score (nSPS) is 21.6. The highest BCUT2D eigenvalue weighted by atomic mass is 16.7. The molecule has 4 amide bonds. The van der Waals surface area contributed by atoms with E-state index in [1.54, 1.807) is 25.1 Å². The van der Waals surface area contributed by atoms with Crippen molar-refractivity contribution in [3.63, 3.8) is 0 Å². The molecule has 0 spiro atoms. The van der Waals surface area contributed by atoms with Gasteiger partial charge in [-0.2, -0.15) is 0 Å². The molecule has 2 heterocycles. The van der Waals surface area contributed by atoms with Crippen LogP contribution in [0.4, 0.5) is 10.5 Å². The summed E-state index contributed by atoms with van der Waals surface area (Å²) in [5, 5.41) is 5.49. The molecule has 1 saturated heterocycles. The first-order valence-electron chi connectivity index (χ1n) is 9.90. The Bertz CT molecular complexity index is 1080. The summed E-state index contributed by atoms with van der Waals surface area (Å²) < 4.78 is 10.7. The van der Waals surface area contributed by atoms with Crippen LogP contribution in [-0.4, -0.2) is 36.1 Å². The van der Waals surface area contributed by atoms with Gasteiger partial charge in [-0.05, 0) is 67.1 Å².